The van der Waals surface area contributed by atoms with Crippen LogP contribution in [0.2, 0.25) is 0 Å². The number of anilines is 2. The molecule has 2 heterocycles. The van der Waals surface area contributed by atoms with Crippen molar-refractivity contribution >= 4 is 22.4 Å². The summed E-state index contributed by atoms with van der Waals surface area (Å²) >= 11 is 0. The standard InChI is InChI=1S/C12H10N4/c1-2-4-10(5-3-1)15-12-11-9(6-7-13-12)8-14-16-11/h1-8H,(H,13,15)(H,14,16). The molecule has 0 radical (unpaired) electrons. The Hall–Kier alpha value is -2.36. The third kappa shape index (κ3) is 1.50. The Morgan fingerprint density at radius 2 is 1.94 bits per heavy atom. The highest BCUT2D eigenvalue weighted by Gasteiger charge is 2.03. The van der Waals surface area contributed by atoms with Gasteiger partial charge in [-0.25, -0.2) is 4.98 Å². The number of para-hydroxylation sites is 1. The number of hydrogen-bond acceptors (Lipinski definition) is 3. The molecule has 4 nitrogen and oxygen atoms in total. The van der Waals surface area contributed by atoms with E-state index < -0.39 is 0 Å². The first kappa shape index (κ1) is 8.91. The topological polar surface area (TPSA) is 53.6 Å². The fraction of sp³-hybridized carbons (Fsp3) is 0. The zero-order valence-electron chi connectivity index (χ0n) is 8.51. The van der Waals surface area contributed by atoms with Crippen molar-refractivity contribution in [2.45, 2.75) is 0 Å². The van der Waals surface area contributed by atoms with E-state index in [-0.39, 0.29) is 0 Å². The van der Waals surface area contributed by atoms with E-state index in [2.05, 4.69) is 20.5 Å². The maximum absolute atomic E-state index is 4.29. The number of aromatic nitrogens is 3. The van der Waals surface area contributed by atoms with Gasteiger partial charge in [0, 0.05) is 17.3 Å². The summed E-state index contributed by atoms with van der Waals surface area (Å²) in [5.74, 6) is 0.793. The first-order chi connectivity index (χ1) is 7.93. The van der Waals surface area contributed by atoms with Crippen LogP contribution in [-0.4, -0.2) is 15.2 Å². The highest BCUT2D eigenvalue weighted by atomic mass is 15.1. The van der Waals surface area contributed by atoms with E-state index in [1.165, 1.54) is 0 Å². The molecule has 0 saturated carbocycles. The predicted molar refractivity (Wildman–Crippen MR) is 63.6 cm³/mol. The fourth-order valence-electron chi connectivity index (χ4n) is 1.62. The van der Waals surface area contributed by atoms with Crippen LogP contribution >= 0.6 is 0 Å². The SMILES string of the molecule is c1ccc(Nc2nccc3cn[nH]c23)cc1. The molecule has 2 N–H and O–H groups in total. The normalized spacial score (nSPS) is 10.5. The average molecular weight is 210 g/mol. The number of pyridine rings is 1. The molecule has 0 unspecified atom stereocenters. The lowest BCUT2D eigenvalue weighted by Gasteiger charge is -2.05. The maximum Gasteiger partial charge on any atom is 0.156 e. The Bertz CT molecular complexity index is 600. The lowest BCUT2D eigenvalue weighted by Crippen LogP contribution is -1.93. The van der Waals surface area contributed by atoms with E-state index in [1.807, 2.05) is 36.4 Å². The van der Waals surface area contributed by atoms with Crippen LogP contribution in [0.15, 0.2) is 48.8 Å². The van der Waals surface area contributed by atoms with Gasteiger partial charge in [0.05, 0.1) is 6.20 Å². The highest BCUT2D eigenvalue weighted by molar-refractivity contribution is 5.89. The van der Waals surface area contributed by atoms with E-state index in [1.54, 1.807) is 12.4 Å². The van der Waals surface area contributed by atoms with Crippen LogP contribution in [0.25, 0.3) is 10.9 Å². The molecule has 0 bridgehead atoms. The molecule has 4 heteroatoms. The van der Waals surface area contributed by atoms with Crippen molar-refractivity contribution in [3.8, 4) is 0 Å². The minimum atomic E-state index is 0.793. The van der Waals surface area contributed by atoms with Crippen molar-refractivity contribution < 1.29 is 0 Å². The Morgan fingerprint density at radius 1 is 1.06 bits per heavy atom. The van der Waals surface area contributed by atoms with Crippen LogP contribution in [0.3, 0.4) is 0 Å². The van der Waals surface area contributed by atoms with Crippen LogP contribution in [-0.2, 0) is 0 Å². The second-order valence-corrected chi connectivity index (χ2v) is 3.48. The summed E-state index contributed by atoms with van der Waals surface area (Å²) in [5.41, 5.74) is 1.93. The summed E-state index contributed by atoms with van der Waals surface area (Å²) in [4.78, 5) is 4.29. The number of benzene rings is 1. The number of rotatable bonds is 2. The van der Waals surface area contributed by atoms with Crippen molar-refractivity contribution in [3.63, 3.8) is 0 Å². The van der Waals surface area contributed by atoms with Crippen LogP contribution in [0.1, 0.15) is 0 Å². The van der Waals surface area contributed by atoms with E-state index in [4.69, 9.17) is 0 Å². The first-order valence-electron chi connectivity index (χ1n) is 5.03. The van der Waals surface area contributed by atoms with E-state index in [0.29, 0.717) is 0 Å². The van der Waals surface area contributed by atoms with Gasteiger partial charge in [-0.3, -0.25) is 5.10 Å². The smallest absolute Gasteiger partial charge is 0.156 e. The summed E-state index contributed by atoms with van der Waals surface area (Å²) in [6, 6.07) is 11.9. The van der Waals surface area contributed by atoms with Gasteiger partial charge in [-0.05, 0) is 18.2 Å². The van der Waals surface area contributed by atoms with Crippen LogP contribution in [0, 0.1) is 0 Å². The summed E-state index contributed by atoms with van der Waals surface area (Å²) < 4.78 is 0. The van der Waals surface area contributed by atoms with Crippen LogP contribution in [0.4, 0.5) is 11.5 Å². The van der Waals surface area contributed by atoms with Gasteiger partial charge in [0.1, 0.15) is 5.52 Å². The minimum absolute atomic E-state index is 0.793. The lowest BCUT2D eigenvalue weighted by molar-refractivity contribution is 1.11. The lowest BCUT2D eigenvalue weighted by atomic mass is 10.3. The zero-order chi connectivity index (χ0) is 10.8. The third-order valence-electron chi connectivity index (χ3n) is 2.40. The predicted octanol–water partition coefficient (Wildman–Crippen LogP) is 2.70. The van der Waals surface area contributed by atoms with Crippen LogP contribution in [0.5, 0.6) is 0 Å². The Kier molecular flexibility index (Phi) is 2.04. The monoisotopic (exact) mass is 210 g/mol. The van der Waals surface area contributed by atoms with E-state index >= 15 is 0 Å². The Labute approximate surface area is 92.3 Å². The van der Waals surface area contributed by atoms with Crippen molar-refractivity contribution in [2.75, 3.05) is 5.32 Å². The Balaban J connectivity index is 2.04. The first-order valence-corrected chi connectivity index (χ1v) is 5.03. The molecule has 0 spiro atoms. The van der Waals surface area contributed by atoms with Gasteiger partial charge in [-0.2, -0.15) is 5.10 Å². The molecular formula is C12H10N4. The van der Waals surface area contributed by atoms with Gasteiger partial charge >= 0.3 is 0 Å². The van der Waals surface area contributed by atoms with E-state index in [0.717, 1.165) is 22.4 Å². The average Bonchev–Trinajstić information content (AvgIpc) is 2.80. The van der Waals surface area contributed by atoms with Crippen molar-refractivity contribution in [3.05, 3.63) is 48.8 Å². The summed E-state index contributed by atoms with van der Waals surface area (Å²) in [7, 11) is 0. The van der Waals surface area contributed by atoms with Gasteiger partial charge in [-0.1, -0.05) is 18.2 Å². The second kappa shape index (κ2) is 3.66. The molecule has 0 aliphatic rings. The number of hydrogen-bond donors (Lipinski definition) is 2. The summed E-state index contributed by atoms with van der Waals surface area (Å²) in [6.07, 6.45) is 3.55. The van der Waals surface area contributed by atoms with Gasteiger partial charge in [-0.15, -0.1) is 0 Å². The molecule has 1 aromatic carbocycles. The number of nitrogens with zero attached hydrogens (tertiary/aromatic N) is 2. The number of fused-ring (bicyclic) bond motifs is 1. The fourth-order valence-corrected chi connectivity index (χ4v) is 1.62. The molecule has 2 aromatic heterocycles. The molecule has 78 valence electrons. The van der Waals surface area contributed by atoms with Crippen LogP contribution < -0.4 is 5.32 Å². The van der Waals surface area contributed by atoms with Crippen molar-refractivity contribution in [1.29, 1.82) is 0 Å². The van der Waals surface area contributed by atoms with Gasteiger partial charge < -0.3 is 5.32 Å². The highest BCUT2D eigenvalue weighted by Crippen LogP contribution is 2.21. The molecular weight excluding hydrogens is 200 g/mol. The van der Waals surface area contributed by atoms with Gasteiger partial charge in [0.25, 0.3) is 0 Å². The molecule has 0 atom stereocenters. The van der Waals surface area contributed by atoms with Crippen molar-refractivity contribution in [1.82, 2.24) is 15.2 Å². The Morgan fingerprint density at radius 3 is 2.81 bits per heavy atom. The molecule has 0 aliphatic heterocycles. The molecule has 0 amide bonds. The second-order valence-electron chi connectivity index (χ2n) is 3.48. The number of H-pyrrole nitrogens is 1. The molecule has 3 rings (SSSR count). The third-order valence-corrected chi connectivity index (χ3v) is 2.40. The molecule has 0 aliphatic carbocycles. The van der Waals surface area contributed by atoms with Gasteiger partial charge in [0.2, 0.25) is 0 Å². The van der Waals surface area contributed by atoms with E-state index in [9.17, 15) is 0 Å². The maximum atomic E-state index is 4.29. The zero-order valence-corrected chi connectivity index (χ0v) is 8.51. The number of aromatic amines is 1. The quantitative estimate of drug-likeness (QED) is 0.683. The molecule has 0 saturated heterocycles. The summed E-state index contributed by atoms with van der Waals surface area (Å²) in [5, 5.41) is 11.2. The van der Waals surface area contributed by atoms with Gasteiger partial charge in [0.15, 0.2) is 5.82 Å². The van der Waals surface area contributed by atoms with Crippen molar-refractivity contribution in [2.24, 2.45) is 0 Å². The molecule has 16 heavy (non-hydrogen) atoms. The largest absolute Gasteiger partial charge is 0.338 e. The molecule has 3 aromatic rings. The molecule has 0 fully saturated rings. The minimum Gasteiger partial charge on any atom is -0.338 e. The summed E-state index contributed by atoms with van der Waals surface area (Å²) in [6.45, 7) is 0. The number of nitrogens with one attached hydrogen (secondary N) is 2.